The van der Waals surface area contributed by atoms with Crippen LogP contribution in [0.5, 0.6) is 5.75 Å². The van der Waals surface area contributed by atoms with Gasteiger partial charge in [0, 0.05) is 13.0 Å². The van der Waals surface area contributed by atoms with Gasteiger partial charge >= 0.3 is 0 Å². The maximum absolute atomic E-state index is 11.9. The van der Waals surface area contributed by atoms with Crippen molar-refractivity contribution in [1.29, 1.82) is 0 Å². The van der Waals surface area contributed by atoms with Crippen LogP contribution < -0.4 is 14.8 Å². The molecule has 0 bridgehead atoms. The van der Waals surface area contributed by atoms with Crippen LogP contribution in [0.4, 0.5) is 0 Å². The maximum Gasteiger partial charge on any atom is 0.240 e. The highest BCUT2D eigenvalue weighted by Gasteiger charge is 2.10. The monoisotopic (exact) mass is 362 g/mol. The van der Waals surface area contributed by atoms with Gasteiger partial charge in [-0.15, -0.1) is 0 Å². The third kappa shape index (κ3) is 5.58. The normalized spacial score (nSPS) is 11.1. The number of amides is 1. The van der Waals surface area contributed by atoms with Crippen LogP contribution in [0.1, 0.15) is 17.5 Å². The van der Waals surface area contributed by atoms with Crippen molar-refractivity contribution in [2.45, 2.75) is 24.3 Å². The molecule has 2 N–H and O–H groups in total. The molecule has 0 spiro atoms. The molecule has 0 fully saturated rings. The minimum absolute atomic E-state index is 0.0530. The summed E-state index contributed by atoms with van der Waals surface area (Å²) in [6, 6.07) is 14.0. The zero-order chi connectivity index (χ0) is 18.3. The van der Waals surface area contributed by atoms with Crippen molar-refractivity contribution in [3.63, 3.8) is 0 Å². The Morgan fingerprint density at radius 1 is 1.00 bits per heavy atom. The van der Waals surface area contributed by atoms with Gasteiger partial charge < -0.3 is 10.1 Å². The molecular formula is C18H22N2O4S. The zero-order valence-corrected chi connectivity index (χ0v) is 15.1. The number of benzene rings is 2. The average molecular weight is 362 g/mol. The van der Waals surface area contributed by atoms with Crippen molar-refractivity contribution in [2.24, 2.45) is 0 Å². The fraction of sp³-hybridized carbons (Fsp3) is 0.278. The Labute approximate surface area is 148 Å². The van der Waals surface area contributed by atoms with Gasteiger partial charge in [-0.3, -0.25) is 4.79 Å². The summed E-state index contributed by atoms with van der Waals surface area (Å²) in [7, 11) is -0.449. The Hall–Kier alpha value is -2.38. The number of carbonyl (C=O) groups excluding carboxylic acids is 1. The largest absolute Gasteiger partial charge is 0.497 e. The molecule has 0 aliphatic rings. The van der Waals surface area contributed by atoms with Crippen LogP contribution in [0.2, 0.25) is 0 Å². The molecule has 2 rings (SSSR count). The Morgan fingerprint density at radius 2 is 1.60 bits per heavy atom. The van der Waals surface area contributed by atoms with Crippen molar-refractivity contribution in [3.05, 3.63) is 59.7 Å². The van der Waals surface area contributed by atoms with Crippen LogP contribution >= 0.6 is 0 Å². The molecule has 7 heteroatoms. The number of sulfonamides is 1. The topological polar surface area (TPSA) is 84.5 Å². The van der Waals surface area contributed by atoms with E-state index in [1.807, 2.05) is 24.3 Å². The van der Waals surface area contributed by atoms with Crippen LogP contribution in [0.25, 0.3) is 0 Å². The lowest BCUT2D eigenvalue weighted by Crippen LogP contribution is -2.23. The number of methoxy groups -OCH3 is 1. The summed E-state index contributed by atoms with van der Waals surface area (Å²) < 4.78 is 30.7. The first-order chi connectivity index (χ1) is 11.9. The molecule has 1 amide bonds. The van der Waals surface area contributed by atoms with E-state index in [0.717, 1.165) is 16.9 Å². The molecule has 0 radical (unpaired) electrons. The molecule has 0 saturated heterocycles. The number of carbonyl (C=O) groups is 1. The highest BCUT2D eigenvalue weighted by Crippen LogP contribution is 2.12. The summed E-state index contributed by atoms with van der Waals surface area (Å²) >= 11 is 0. The van der Waals surface area contributed by atoms with Crippen molar-refractivity contribution in [1.82, 2.24) is 10.0 Å². The second-order valence-corrected chi connectivity index (χ2v) is 7.36. The number of nitrogens with one attached hydrogen (secondary N) is 2. The van der Waals surface area contributed by atoms with Crippen molar-refractivity contribution < 1.29 is 17.9 Å². The predicted molar refractivity (Wildman–Crippen MR) is 95.8 cm³/mol. The van der Waals surface area contributed by atoms with E-state index >= 15 is 0 Å². The lowest BCUT2D eigenvalue weighted by molar-refractivity contribution is -0.121. The maximum atomic E-state index is 11.9. The summed E-state index contributed by atoms with van der Waals surface area (Å²) in [6.45, 7) is 0.460. The average Bonchev–Trinajstić information content (AvgIpc) is 2.65. The van der Waals surface area contributed by atoms with E-state index in [-0.39, 0.29) is 10.8 Å². The standard InChI is InChI=1S/C18H22N2O4S/c1-19-25(22,23)17-10-5-14(6-11-17)7-12-18(21)20-13-15-3-8-16(24-2)9-4-15/h3-6,8-11,19H,7,12-13H2,1-2H3,(H,20,21). The molecule has 0 unspecified atom stereocenters. The van der Waals surface area contributed by atoms with Gasteiger partial charge in [-0.2, -0.15) is 0 Å². The quantitative estimate of drug-likeness (QED) is 0.751. The van der Waals surface area contributed by atoms with Gasteiger partial charge in [0.1, 0.15) is 5.75 Å². The van der Waals surface area contributed by atoms with E-state index in [4.69, 9.17) is 4.74 Å². The van der Waals surface area contributed by atoms with Gasteiger partial charge in [-0.25, -0.2) is 13.1 Å². The van der Waals surface area contributed by atoms with Crippen LogP contribution in [0.15, 0.2) is 53.4 Å². The molecule has 0 aromatic heterocycles. The van der Waals surface area contributed by atoms with E-state index in [2.05, 4.69) is 10.0 Å². The van der Waals surface area contributed by atoms with Crippen LogP contribution in [0, 0.1) is 0 Å². The first-order valence-corrected chi connectivity index (χ1v) is 9.35. The number of hydrogen-bond donors (Lipinski definition) is 2. The summed E-state index contributed by atoms with van der Waals surface area (Å²) in [5.74, 6) is 0.724. The second kappa shape index (κ2) is 8.64. The molecule has 6 nitrogen and oxygen atoms in total. The first-order valence-electron chi connectivity index (χ1n) is 7.87. The van der Waals surface area contributed by atoms with E-state index in [1.54, 1.807) is 19.2 Å². The highest BCUT2D eigenvalue weighted by atomic mass is 32.2. The Bertz CT molecular complexity index is 800. The number of ether oxygens (including phenoxy) is 1. The predicted octanol–water partition coefficient (Wildman–Crippen LogP) is 1.85. The lowest BCUT2D eigenvalue weighted by atomic mass is 10.1. The fourth-order valence-corrected chi connectivity index (χ4v) is 2.97. The van der Waals surface area contributed by atoms with Crippen LogP contribution in [0.3, 0.4) is 0 Å². The molecule has 2 aromatic carbocycles. The summed E-state index contributed by atoms with van der Waals surface area (Å²) in [4.78, 5) is 12.2. The number of rotatable bonds is 8. The second-order valence-electron chi connectivity index (χ2n) is 5.48. The molecule has 0 aliphatic heterocycles. The van der Waals surface area contributed by atoms with E-state index in [1.165, 1.54) is 19.2 Å². The Kier molecular flexibility index (Phi) is 6.55. The summed E-state index contributed by atoms with van der Waals surface area (Å²) in [5, 5.41) is 2.87. The summed E-state index contributed by atoms with van der Waals surface area (Å²) in [6.07, 6.45) is 0.891. The first kappa shape index (κ1) is 19.0. The van der Waals surface area contributed by atoms with Gasteiger partial charge in [0.25, 0.3) is 0 Å². The fourth-order valence-electron chi connectivity index (χ4n) is 2.24. The van der Waals surface area contributed by atoms with Gasteiger partial charge in [0.05, 0.1) is 12.0 Å². The highest BCUT2D eigenvalue weighted by molar-refractivity contribution is 7.89. The smallest absolute Gasteiger partial charge is 0.240 e. The summed E-state index contributed by atoms with van der Waals surface area (Å²) in [5.41, 5.74) is 1.91. The molecule has 0 atom stereocenters. The molecular weight excluding hydrogens is 340 g/mol. The van der Waals surface area contributed by atoms with Crippen molar-refractivity contribution in [2.75, 3.05) is 14.2 Å². The van der Waals surface area contributed by atoms with Crippen molar-refractivity contribution >= 4 is 15.9 Å². The third-order valence-corrected chi connectivity index (χ3v) is 5.22. The molecule has 134 valence electrons. The molecule has 0 aliphatic carbocycles. The molecule has 25 heavy (non-hydrogen) atoms. The third-order valence-electron chi connectivity index (χ3n) is 3.79. The molecule has 0 saturated carbocycles. The van der Waals surface area contributed by atoms with E-state index in [9.17, 15) is 13.2 Å². The van der Waals surface area contributed by atoms with Crippen LogP contribution in [-0.4, -0.2) is 28.5 Å². The molecule has 2 aromatic rings. The van der Waals surface area contributed by atoms with E-state index in [0.29, 0.717) is 19.4 Å². The Balaban J connectivity index is 1.81. The molecule has 0 heterocycles. The number of hydrogen-bond acceptors (Lipinski definition) is 4. The van der Waals surface area contributed by atoms with Crippen molar-refractivity contribution in [3.8, 4) is 5.75 Å². The SMILES string of the molecule is CNS(=O)(=O)c1ccc(CCC(=O)NCc2ccc(OC)cc2)cc1. The Morgan fingerprint density at radius 3 is 2.16 bits per heavy atom. The number of aryl methyl sites for hydroxylation is 1. The minimum Gasteiger partial charge on any atom is -0.497 e. The van der Waals surface area contributed by atoms with Gasteiger partial charge in [-0.05, 0) is 48.9 Å². The zero-order valence-electron chi connectivity index (χ0n) is 14.3. The van der Waals surface area contributed by atoms with Gasteiger partial charge in [0.2, 0.25) is 15.9 Å². The minimum atomic E-state index is -3.43. The van der Waals surface area contributed by atoms with Gasteiger partial charge in [0.15, 0.2) is 0 Å². The van der Waals surface area contributed by atoms with Crippen LogP contribution in [-0.2, 0) is 27.8 Å². The van der Waals surface area contributed by atoms with Gasteiger partial charge in [-0.1, -0.05) is 24.3 Å². The lowest BCUT2D eigenvalue weighted by Gasteiger charge is -2.07. The van der Waals surface area contributed by atoms with E-state index < -0.39 is 10.0 Å².